The second-order valence-corrected chi connectivity index (χ2v) is 3.22. The molecule has 1 aromatic rings. The van der Waals surface area contributed by atoms with E-state index in [1.54, 1.807) is 0 Å². The highest BCUT2D eigenvalue weighted by Crippen LogP contribution is 2.28. The first-order valence-electron chi connectivity index (χ1n) is 4.53. The van der Waals surface area contributed by atoms with Gasteiger partial charge in [-0.15, -0.1) is 0 Å². The molecule has 0 bridgehead atoms. The van der Waals surface area contributed by atoms with Gasteiger partial charge in [-0.05, 0) is 30.7 Å². The van der Waals surface area contributed by atoms with Crippen molar-refractivity contribution < 1.29 is 13.9 Å². The molecule has 3 nitrogen and oxygen atoms in total. The summed E-state index contributed by atoms with van der Waals surface area (Å²) in [6, 6.07) is 3.35. The zero-order valence-electron chi connectivity index (χ0n) is 7.75. The average molecular weight is 197 g/mol. The van der Waals surface area contributed by atoms with E-state index < -0.39 is 0 Å². The lowest BCUT2D eigenvalue weighted by molar-refractivity contribution is -0.0190. The van der Waals surface area contributed by atoms with Crippen LogP contribution >= 0.6 is 0 Å². The van der Waals surface area contributed by atoms with Crippen molar-refractivity contribution in [1.29, 1.82) is 0 Å². The minimum absolute atomic E-state index is 0.125. The highest BCUT2D eigenvalue weighted by molar-refractivity contribution is 5.39. The van der Waals surface area contributed by atoms with Crippen LogP contribution in [-0.2, 0) is 17.8 Å². The lowest BCUT2D eigenvalue weighted by atomic mass is 10.1. The lowest BCUT2D eigenvalue weighted by Crippen LogP contribution is -2.14. The summed E-state index contributed by atoms with van der Waals surface area (Å²) in [5.74, 6) is -0.00808. The predicted molar refractivity (Wildman–Crippen MR) is 49.4 cm³/mol. The fraction of sp³-hybridized carbons (Fsp3) is 0.400. The van der Waals surface area contributed by atoms with Crippen molar-refractivity contribution >= 4 is 0 Å². The molecule has 0 amide bonds. The van der Waals surface area contributed by atoms with Crippen molar-refractivity contribution in [3.8, 4) is 5.75 Å². The summed E-state index contributed by atoms with van der Waals surface area (Å²) in [5, 5.41) is 0. The first kappa shape index (κ1) is 9.43. The van der Waals surface area contributed by atoms with Gasteiger partial charge in [0, 0.05) is 5.56 Å². The van der Waals surface area contributed by atoms with E-state index in [1.165, 1.54) is 6.07 Å². The summed E-state index contributed by atoms with van der Waals surface area (Å²) in [6.45, 7) is 1.05. The third-order valence-corrected chi connectivity index (χ3v) is 2.16. The molecule has 1 heterocycles. The van der Waals surface area contributed by atoms with Crippen molar-refractivity contribution in [2.45, 2.75) is 13.0 Å². The maximum absolute atomic E-state index is 13.4. The Morgan fingerprint density at radius 3 is 3.07 bits per heavy atom. The molecule has 0 atom stereocenters. The molecule has 14 heavy (non-hydrogen) atoms. The molecule has 1 aromatic carbocycles. The third-order valence-electron chi connectivity index (χ3n) is 2.16. The number of nitrogens with two attached hydrogens (primary N) is 1. The average Bonchev–Trinajstić information content (AvgIpc) is 2.18. The minimum atomic E-state index is -0.325. The first-order chi connectivity index (χ1) is 6.81. The number of halogens is 1. The standard InChI is InChI=1S/C10H12FNO2/c11-9-4-7(1-2-12)3-8-5-13-6-14-10(8)9/h3-4H,1-2,5-6,12H2. The number of benzene rings is 1. The molecular weight excluding hydrogens is 185 g/mol. The molecule has 0 saturated carbocycles. The fourth-order valence-corrected chi connectivity index (χ4v) is 1.54. The second kappa shape index (κ2) is 3.94. The van der Waals surface area contributed by atoms with Crippen LogP contribution in [0.5, 0.6) is 5.75 Å². The van der Waals surface area contributed by atoms with Crippen molar-refractivity contribution in [2.24, 2.45) is 5.73 Å². The number of hydrogen-bond acceptors (Lipinski definition) is 3. The second-order valence-electron chi connectivity index (χ2n) is 3.22. The van der Waals surface area contributed by atoms with E-state index in [1.807, 2.05) is 6.07 Å². The van der Waals surface area contributed by atoms with Crippen LogP contribution in [0.3, 0.4) is 0 Å². The van der Waals surface area contributed by atoms with Gasteiger partial charge in [0.05, 0.1) is 6.61 Å². The summed E-state index contributed by atoms with van der Waals surface area (Å²) < 4.78 is 23.6. The van der Waals surface area contributed by atoms with Gasteiger partial charge in [0.2, 0.25) is 0 Å². The van der Waals surface area contributed by atoms with E-state index in [0.717, 1.165) is 11.1 Å². The van der Waals surface area contributed by atoms with Crippen LogP contribution in [0.4, 0.5) is 4.39 Å². The summed E-state index contributed by atoms with van der Waals surface area (Å²) in [6.07, 6.45) is 0.671. The van der Waals surface area contributed by atoms with Gasteiger partial charge in [0.25, 0.3) is 0 Å². The molecule has 1 aliphatic rings. The molecule has 0 spiro atoms. The summed E-state index contributed by atoms with van der Waals surface area (Å²) in [7, 11) is 0. The molecule has 2 N–H and O–H groups in total. The maximum atomic E-state index is 13.4. The summed E-state index contributed by atoms with van der Waals surface area (Å²) in [4.78, 5) is 0. The molecule has 4 heteroatoms. The van der Waals surface area contributed by atoms with Crippen LogP contribution in [0.2, 0.25) is 0 Å². The molecule has 0 aromatic heterocycles. The summed E-state index contributed by atoms with van der Waals surface area (Å²) >= 11 is 0. The largest absolute Gasteiger partial charge is 0.464 e. The number of ether oxygens (including phenoxy) is 2. The topological polar surface area (TPSA) is 44.5 Å². The van der Waals surface area contributed by atoms with Gasteiger partial charge in [-0.25, -0.2) is 4.39 Å². The molecule has 2 rings (SSSR count). The highest BCUT2D eigenvalue weighted by Gasteiger charge is 2.16. The Kier molecular flexibility index (Phi) is 2.65. The molecule has 76 valence electrons. The van der Waals surface area contributed by atoms with Crippen molar-refractivity contribution in [2.75, 3.05) is 13.3 Å². The molecule has 0 fully saturated rings. The maximum Gasteiger partial charge on any atom is 0.189 e. The predicted octanol–water partition coefficient (Wildman–Crippen LogP) is 1.19. The van der Waals surface area contributed by atoms with Gasteiger partial charge in [0.15, 0.2) is 18.4 Å². The van der Waals surface area contributed by atoms with Crippen LogP contribution in [0.1, 0.15) is 11.1 Å². The van der Waals surface area contributed by atoms with Gasteiger partial charge >= 0.3 is 0 Å². The molecule has 0 unspecified atom stereocenters. The van der Waals surface area contributed by atoms with Gasteiger partial charge in [-0.2, -0.15) is 0 Å². The normalized spacial score (nSPS) is 14.7. The zero-order chi connectivity index (χ0) is 9.97. The smallest absolute Gasteiger partial charge is 0.189 e. The van der Waals surface area contributed by atoms with E-state index >= 15 is 0 Å². The van der Waals surface area contributed by atoms with Crippen molar-refractivity contribution in [3.05, 3.63) is 29.1 Å². The van der Waals surface area contributed by atoms with Crippen LogP contribution < -0.4 is 10.5 Å². The Morgan fingerprint density at radius 1 is 1.43 bits per heavy atom. The van der Waals surface area contributed by atoms with Crippen LogP contribution in [0, 0.1) is 5.82 Å². The monoisotopic (exact) mass is 197 g/mol. The Hall–Kier alpha value is -1.13. The van der Waals surface area contributed by atoms with Crippen LogP contribution in [0.25, 0.3) is 0 Å². The van der Waals surface area contributed by atoms with E-state index in [9.17, 15) is 4.39 Å². The van der Waals surface area contributed by atoms with E-state index in [-0.39, 0.29) is 12.6 Å². The Balaban J connectivity index is 2.36. The van der Waals surface area contributed by atoms with Gasteiger partial charge < -0.3 is 15.2 Å². The number of fused-ring (bicyclic) bond motifs is 1. The van der Waals surface area contributed by atoms with E-state index in [4.69, 9.17) is 15.2 Å². The molecule has 1 aliphatic heterocycles. The SMILES string of the molecule is NCCc1cc(F)c2c(c1)COCO2. The van der Waals surface area contributed by atoms with Crippen LogP contribution in [0.15, 0.2) is 12.1 Å². The molecule has 0 radical (unpaired) electrons. The highest BCUT2D eigenvalue weighted by atomic mass is 19.1. The molecule has 0 saturated heterocycles. The Labute approximate surface area is 81.6 Å². The number of hydrogen-bond donors (Lipinski definition) is 1. The fourth-order valence-electron chi connectivity index (χ4n) is 1.54. The first-order valence-corrected chi connectivity index (χ1v) is 4.53. The molecular formula is C10H12FNO2. The van der Waals surface area contributed by atoms with Gasteiger partial charge in [-0.3, -0.25) is 0 Å². The number of rotatable bonds is 2. The van der Waals surface area contributed by atoms with Gasteiger partial charge in [0.1, 0.15) is 0 Å². The van der Waals surface area contributed by atoms with E-state index in [2.05, 4.69) is 0 Å². The summed E-state index contributed by atoms with van der Waals surface area (Å²) in [5.41, 5.74) is 7.05. The van der Waals surface area contributed by atoms with Crippen molar-refractivity contribution in [1.82, 2.24) is 0 Å². The zero-order valence-corrected chi connectivity index (χ0v) is 7.75. The van der Waals surface area contributed by atoms with Crippen LogP contribution in [-0.4, -0.2) is 13.3 Å². The minimum Gasteiger partial charge on any atom is -0.464 e. The quantitative estimate of drug-likeness (QED) is 0.774. The lowest BCUT2D eigenvalue weighted by Gasteiger charge is -2.18. The Morgan fingerprint density at radius 2 is 2.29 bits per heavy atom. The Bertz CT molecular complexity index is 341. The third kappa shape index (κ3) is 1.71. The van der Waals surface area contributed by atoms with Crippen molar-refractivity contribution in [3.63, 3.8) is 0 Å². The van der Waals surface area contributed by atoms with Gasteiger partial charge in [-0.1, -0.05) is 0 Å². The molecule has 0 aliphatic carbocycles. The van der Waals surface area contributed by atoms with E-state index in [0.29, 0.717) is 25.3 Å².